The second-order valence-electron chi connectivity index (χ2n) is 5.25. The topological polar surface area (TPSA) is 119 Å². The minimum Gasteiger partial charge on any atom is -0.484 e. The number of nitro groups is 1. The Kier molecular flexibility index (Phi) is 6.71. The van der Waals surface area contributed by atoms with Gasteiger partial charge in [-0.05, 0) is 18.1 Å². The van der Waals surface area contributed by atoms with E-state index in [9.17, 15) is 32.9 Å². The second-order valence-corrected chi connectivity index (χ2v) is 5.25. The van der Waals surface area contributed by atoms with Gasteiger partial charge in [0.15, 0.2) is 6.61 Å². The first-order valence-corrected chi connectivity index (χ1v) is 6.97. The standard InChI is InChI=1S/C14H15F3N2O6/c1-8(4-12(20)21)6-18-13(22)10-5-9(25-7-14(15,16)17)2-3-11(10)19(23)24/h2-3,5,8H,4,6-7H2,1H3,(H,18,22)(H,20,21). The molecule has 0 spiro atoms. The summed E-state index contributed by atoms with van der Waals surface area (Å²) in [6, 6.07) is 2.65. The van der Waals surface area contributed by atoms with Crippen LogP contribution in [-0.4, -0.2) is 41.2 Å². The van der Waals surface area contributed by atoms with Gasteiger partial charge in [0.25, 0.3) is 11.6 Å². The Hall–Kier alpha value is -2.85. The number of nitrogens with zero attached hydrogens (tertiary/aromatic N) is 1. The zero-order valence-electron chi connectivity index (χ0n) is 13.0. The van der Waals surface area contributed by atoms with Crippen LogP contribution < -0.4 is 10.1 Å². The van der Waals surface area contributed by atoms with Crippen LogP contribution in [0.5, 0.6) is 5.75 Å². The van der Waals surface area contributed by atoms with E-state index in [2.05, 4.69) is 10.1 Å². The minimum atomic E-state index is -4.60. The predicted octanol–water partition coefficient (Wildman–Crippen LogP) is 2.38. The Labute approximate surface area is 139 Å². The summed E-state index contributed by atoms with van der Waals surface area (Å²) in [5.41, 5.74) is -1.09. The number of nitrogens with one attached hydrogen (secondary N) is 1. The number of hydrogen-bond donors (Lipinski definition) is 2. The molecule has 0 saturated carbocycles. The van der Waals surface area contributed by atoms with E-state index in [1.54, 1.807) is 6.92 Å². The van der Waals surface area contributed by atoms with E-state index in [1.807, 2.05) is 0 Å². The largest absolute Gasteiger partial charge is 0.484 e. The molecule has 1 unspecified atom stereocenters. The molecule has 2 N–H and O–H groups in total. The number of aliphatic carboxylic acids is 1. The third-order valence-corrected chi connectivity index (χ3v) is 2.95. The first kappa shape index (κ1) is 20.2. The van der Waals surface area contributed by atoms with Crippen LogP contribution in [0.1, 0.15) is 23.7 Å². The number of carboxylic acids is 1. The highest BCUT2D eigenvalue weighted by molar-refractivity contribution is 5.98. The molecule has 0 aliphatic heterocycles. The number of alkyl halides is 3. The van der Waals surface area contributed by atoms with Crippen molar-refractivity contribution in [3.63, 3.8) is 0 Å². The van der Waals surface area contributed by atoms with Crippen LogP contribution in [0.3, 0.4) is 0 Å². The van der Waals surface area contributed by atoms with E-state index >= 15 is 0 Å². The number of amides is 1. The van der Waals surface area contributed by atoms with Gasteiger partial charge in [0, 0.05) is 19.0 Å². The lowest BCUT2D eigenvalue weighted by molar-refractivity contribution is -0.385. The SMILES string of the molecule is CC(CNC(=O)c1cc(OCC(F)(F)F)ccc1[N+](=O)[O-])CC(=O)O. The van der Waals surface area contributed by atoms with Gasteiger partial charge in [-0.25, -0.2) is 0 Å². The number of benzene rings is 1. The second kappa shape index (κ2) is 8.31. The number of carboxylic acid groups (broad SMARTS) is 1. The third-order valence-electron chi connectivity index (χ3n) is 2.95. The highest BCUT2D eigenvalue weighted by Crippen LogP contribution is 2.26. The summed E-state index contributed by atoms with van der Waals surface area (Å²) in [6.45, 7) is -0.136. The summed E-state index contributed by atoms with van der Waals surface area (Å²) in [5.74, 6) is -2.78. The van der Waals surface area contributed by atoms with Crippen LogP contribution in [0.25, 0.3) is 0 Å². The molecule has 138 valence electrons. The zero-order valence-corrected chi connectivity index (χ0v) is 13.0. The summed E-state index contributed by atoms with van der Waals surface area (Å²) in [4.78, 5) is 32.7. The highest BCUT2D eigenvalue weighted by Gasteiger charge is 2.29. The van der Waals surface area contributed by atoms with Crippen molar-refractivity contribution >= 4 is 17.6 Å². The molecule has 25 heavy (non-hydrogen) atoms. The van der Waals surface area contributed by atoms with Gasteiger partial charge < -0.3 is 15.2 Å². The molecular weight excluding hydrogens is 349 g/mol. The number of carbonyl (C=O) groups excluding carboxylic acids is 1. The first-order valence-electron chi connectivity index (χ1n) is 6.97. The fourth-order valence-corrected chi connectivity index (χ4v) is 1.84. The van der Waals surface area contributed by atoms with Crippen molar-refractivity contribution in [3.05, 3.63) is 33.9 Å². The molecule has 11 heteroatoms. The maximum atomic E-state index is 12.2. The summed E-state index contributed by atoms with van der Waals surface area (Å²) in [6.07, 6.45) is -4.83. The van der Waals surface area contributed by atoms with Gasteiger partial charge in [-0.1, -0.05) is 6.92 Å². The average Bonchev–Trinajstić information content (AvgIpc) is 2.48. The molecule has 1 aromatic rings. The van der Waals surface area contributed by atoms with E-state index in [1.165, 1.54) is 0 Å². The number of rotatable bonds is 8. The van der Waals surface area contributed by atoms with Gasteiger partial charge in [-0.15, -0.1) is 0 Å². The zero-order chi connectivity index (χ0) is 19.2. The first-order chi connectivity index (χ1) is 11.5. The van der Waals surface area contributed by atoms with Crippen LogP contribution in [0.15, 0.2) is 18.2 Å². The van der Waals surface area contributed by atoms with Crippen molar-refractivity contribution in [1.29, 1.82) is 0 Å². The Morgan fingerprint density at radius 1 is 1.40 bits per heavy atom. The Morgan fingerprint density at radius 2 is 2.04 bits per heavy atom. The molecule has 0 radical (unpaired) electrons. The van der Waals surface area contributed by atoms with Crippen LogP contribution >= 0.6 is 0 Å². The van der Waals surface area contributed by atoms with Gasteiger partial charge in [0.05, 0.1) is 4.92 Å². The lowest BCUT2D eigenvalue weighted by Crippen LogP contribution is -2.29. The van der Waals surface area contributed by atoms with Crippen LogP contribution in [0, 0.1) is 16.0 Å². The Morgan fingerprint density at radius 3 is 2.56 bits per heavy atom. The van der Waals surface area contributed by atoms with Crippen molar-refractivity contribution in [2.75, 3.05) is 13.2 Å². The molecule has 1 amide bonds. The number of halogens is 3. The van der Waals surface area contributed by atoms with Gasteiger partial charge in [0.2, 0.25) is 0 Å². The quantitative estimate of drug-likeness (QED) is 0.540. The van der Waals surface area contributed by atoms with Gasteiger partial charge in [0.1, 0.15) is 11.3 Å². The molecule has 0 heterocycles. The molecule has 1 rings (SSSR count). The molecule has 0 aromatic heterocycles. The molecule has 8 nitrogen and oxygen atoms in total. The van der Waals surface area contributed by atoms with Crippen molar-refractivity contribution in [1.82, 2.24) is 5.32 Å². The molecule has 0 aliphatic rings. The highest BCUT2D eigenvalue weighted by atomic mass is 19.4. The van der Waals surface area contributed by atoms with E-state index < -0.39 is 46.8 Å². The number of hydrogen-bond acceptors (Lipinski definition) is 5. The average molecular weight is 364 g/mol. The van der Waals surface area contributed by atoms with Crippen LogP contribution in [0.2, 0.25) is 0 Å². The number of nitro benzene ring substituents is 1. The lowest BCUT2D eigenvalue weighted by Gasteiger charge is -2.12. The van der Waals surface area contributed by atoms with Crippen molar-refractivity contribution < 1.29 is 37.5 Å². The normalized spacial score (nSPS) is 12.3. The van der Waals surface area contributed by atoms with Gasteiger partial charge >= 0.3 is 12.1 Å². The molecule has 0 bridgehead atoms. The van der Waals surface area contributed by atoms with Crippen molar-refractivity contribution in [2.24, 2.45) is 5.92 Å². The molecule has 1 aromatic carbocycles. The predicted molar refractivity (Wildman–Crippen MR) is 78.4 cm³/mol. The van der Waals surface area contributed by atoms with Crippen molar-refractivity contribution in [3.8, 4) is 5.75 Å². The monoisotopic (exact) mass is 364 g/mol. The molecular formula is C14H15F3N2O6. The Bertz CT molecular complexity index is 662. The van der Waals surface area contributed by atoms with E-state index in [-0.39, 0.29) is 18.7 Å². The summed E-state index contributed by atoms with van der Waals surface area (Å²) >= 11 is 0. The molecule has 0 fully saturated rings. The number of carbonyl (C=O) groups is 2. The molecule has 0 saturated heterocycles. The van der Waals surface area contributed by atoms with E-state index in [4.69, 9.17) is 5.11 Å². The van der Waals surface area contributed by atoms with E-state index in [0.717, 1.165) is 18.2 Å². The third kappa shape index (κ3) is 7.06. The Balaban J connectivity index is 2.91. The minimum absolute atomic E-state index is 0.0735. The van der Waals surface area contributed by atoms with Gasteiger partial charge in [-0.2, -0.15) is 13.2 Å². The van der Waals surface area contributed by atoms with Crippen molar-refractivity contribution in [2.45, 2.75) is 19.5 Å². The van der Waals surface area contributed by atoms with Gasteiger partial charge in [-0.3, -0.25) is 19.7 Å². The smallest absolute Gasteiger partial charge is 0.422 e. The molecule has 0 aliphatic carbocycles. The number of ether oxygens (including phenoxy) is 1. The fourth-order valence-electron chi connectivity index (χ4n) is 1.84. The fraction of sp³-hybridized carbons (Fsp3) is 0.429. The molecule has 1 atom stereocenters. The maximum Gasteiger partial charge on any atom is 0.422 e. The summed E-state index contributed by atoms with van der Waals surface area (Å²) in [7, 11) is 0. The van der Waals surface area contributed by atoms with E-state index in [0.29, 0.717) is 0 Å². The lowest BCUT2D eigenvalue weighted by atomic mass is 10.1. The summed E-state index contributed by atoms with van der Waals surface area (Å²) < 4.78 is 41.0. The van der Waals surface area contributed by atoms with Crippen LogP contribution in [-0.2, 0) is 4.79 Å². The maximum absolute atomic E-state index is 12.2. The van der Waals surface area contributed by atoms with Crippen LogP contribution in [0.4, 0.5) is 18.9 Å². The summed E-state index contributed by atoms with van der Waals surface area (Å²) in [5, 5.41) is 21.9.